The molecule has 2 rings (SSSR count). The van der Waals surface area contributed by atoms with Gasteiger partial charge in [0.05, 0.1) is 15.8 Å². The van der Waals surface area contributed by atoms with Crippen LogP contribution in [0.2, 0.25) is 5.02 Å². The van der Waals surface area contributed by atoms with Crippen molar-refractivity contribution in [1.29, 1.82) is 0 Å². The maximum absolute atomic E-state index is 11.9. The van der Waals surface area contributed by atoms with Crippen LogP contribution < -0.4 is 5.56 Å². The highest BCUT2D eigenvalue weighted by molar-refractivity contribution is 14.1. The lowest BCUT2D eigenvalue weighted by molar-refractivity contribution is 0.681. The number of aryl methyl sites for hydroxylation is 1. The molecule has 0 bridgehead atoms. The highest BCUT2D eigenvalue weighted by Gasteiger charge is 2.06. The summed E-state index contributed by atoms with van der Waals surface area (Å²) in [5.74, 6) is 0.664. The number of halogens is 2. The van der Waals surface area contributed by atoms with Crippen LogP contribution in [-0.2, 0) is 6.54 Å². The first kappa shape index (κ1) is 12.5. The van der Waals surface area contributed by atoms with E-state index in [0.29, 0.717) is 21.0 Å². The summed E-state index contributed by atoms with van der Waals surface area (Å²) < 4.78 is 2.18. The predicted molar refractivity (Wildman–Crippen MR) is 74.3 cm³/mol. The highest BCUT2D eigenvalue weighted by Crippen LogP contribution is 2.09. The second-order valence-electron chi connectivity index (χ2n) is 3.51. The Hall–Kier alpha value is -0.950. The molecule has 0 amide bonds. The van der Waals surface area contributed by atoms with Gasteiger partial charge in [-0.15, -0.1) is 0 Å². The monoisotopic (exact) mass is 361 g/mol. The largest absolute Gasteiger partial charge is 0.290 e. The van der Waals surface area contributed by atoms with E-state index in [1.807, 2.05) is 22.6 Å². The lowest BCUT2D eigenvalue weighted by atomic mass is 10.3. The van der Waals surface area contributed by atoms with Crippen LogP contribution in [0.4, 0.5) is 0 Å². The number of hydrogen-bond acceptors (Lipinski definition) is 3. The van der Waals surface area contributed by atoms with Gasteiger partial charge in [0.2, 0.25) is 0 Å². The van der Waals surface area contributed by atoms with Crippen molar-refractivity contribution in [2.24, 2.45) is 0 Å². The van der Waals surface area contributed by atoms with Gasteiger partial charge in [0.25, 0.3) is 5.56 Å². The Morgan fingerprint density at radius 3 is 2.94 bits per heavy atom. The van der Waals surface area contributed by atoms with E-state index in [4.69, 9.17) is 11.6 Å². The van der Waals surface area contributed by atoms with Gasteiger partial charge >= 0.3 is 0 Å². The molecule has 0 atom stereocenters. The van der Waals surface area contributed by atoms with Crippen molar-refractivity contribution >= 4 is 34.2 Å². The summed E-state index contributed by atoms with van der Waals surface area (Å²) in [6.45, 7) is 2.18. The van der Waals surface area contributed by atoms with Gasteiger partial charge in [-0.25, -0.2) is 4.98 Å². The predicted octanol–water partition coefficient (Wildman–Crippen LogP) is 2.25. The fourth-order valence-electron chi connectivity index (χ4n) is 1.43. The first-order chi connectivity index (χ1) is 8.08. The van der Waals surface area contributed by atoms with Gasteiger partial charge in [0, 0.05) is 17.4 Å². The molecule has 2 aromatic heterocycles. The molecule has 2 aromatic rings. The molecule has 0 unspecified atom stereocenters. The molecule has 0 aliphatic carbocycles. The number of nitrogens with zero attached hydrogens (tertiary/aromatic N) is 3. The average molecular weight is 362 g/mol. The van der Waals surface area contributed by atoms with Crippen molar-refractivity contribution in [3.05, 3.63) is 55.0 Å². The molecule has 2 heterocycles. The third kappa shape index (κ3) is 2.84. The molecule has 6 heteroatoms. The number of aromatic nitrogens is 3. The van der Waals surface area contributed by atoms with E-state index in [0.717, 1.165) is 5.69 Å². The zero-order chi connectivity index (χ0) is 12.4. The lowest BCUT2D eigenvalue weighted by Gasteiger charge is -2.08. The van der Waals surface area contributed by atoms with E-state index in [-0.39, 0.29) is 5.56 Å². The van der Waals surface area contributed by atoms with Gasteiger partial charge in [0.15, 0.2) is 0 Å². The summed E-state index contributed by atoms with van der Waals surface area (Å²) >= 11 is 7.85. The first-order valence-corrected chi connectivity index (χ1v) is 6.36. The van der Waals surface area contributed by atoms with Gasteiger partial charge in [0.1, 0.15) is 5.82 Å². The molecule has 0 saturated carbocycles. The third-order valence-corrected chi connectivity index (χ3v) is 3.28. The molecule has 0 radical (unpaired) electrons. The number of pyridine rings is 1. The average Bonchev–Trinajstić information content (AvgIpc) is 2.30. The molecule has 0 aromatic carbocycles. The van der Waals surface area contributed by atoms with Crippen LogP contribution in [0.25, 0.3) is 0 Å². The van der Waals surface area contributed by atoms with Crippen LogP contribution in [-0.4, -0.2) is 14.5 Å². The van der Waals surface area contributed by atoms with Crippen LogP contribution in [0, 0.1) is 10.5 Å². The maximum atomic E-state index is 11.9. The minimum absolute atomic E-state index is 0.0557. The Kier molecular flexibility index (Phi) is 3.78. The minimum atomic E-state index is -0.0557. The van der Waals surface area contributed by atoms with Gasteiger partial charge in [-0.3, -0.25) is 14.3 Å². The number of rotatable bonds is 2. The van der Waals surface area contributed by atoms with E-state index in [1.54, 1.807) is 36.0 Å². The SMILES string of the molecule is Cc1ncc(I)c(=O)n1Cc1cc(Cl)ccn1. The van der Waals surface area contributed by atoms with E-state index < -0.39 is 0 Å². The summed E-state index contributed by atoms with van der Waals surface area (Å²) in [6, 6.07) is 3.45. The molecular weight excluding hydrogens is 352 g/mol. The van der Waals surface area contributed by atoms with Crippen molar-refractivity contribution < 1.29 is 0 Å². The van der Waals surface area contributed by atoms with Gasteiger partial charge < -0.3 is 0 Å². The standard InChI is InChI=1S/C11H9ClIN3O/c1-7-15-5-10(13)11(17)16(7)6-9-4-8(12)2-3-14-9/h2-5H,6H2,1H3. The Balaban J connectivity index is 2.43. The van der Waals surface area contributed by atoms with Gasteiger partial charge in [-0.2, -0.15) is 0 Å². The van der Waals surface area contributed by atoms with E-state index in [1.165, 1.54) is 0 Å². The maximum Gasteiger partial charge on any atom is 0.267 e. The Morgan fingerprint density at radius 2 is 2.24 bits per heavy atom. The molecule has 0 aliphatic heterocycles. The summed E-state index contributed by atoms with van der Waals surface area (Å²) in [7, 11) is 0. The summed E-state index contributed by atoms with van der Waals surface area (Å²) in [6.07, 6.45) is 3.19. The lowest BCUT2D eigenvalue weighted by Crippen LogP contribution is -2.26. The van der Waals surface area contributed by atoms with Crippen LogP contribution in [0.3, 0.4) is 0 Å². The van der Waals surface area contributed by atoms with Crippen molar-refractivity contribution in [3.63, 3.8) is 0 Å². The Bertz CT molecular complexity index is 612. The van der Waals surface area contributed by atoms with Crippen LogP contribution >= 0.6 is 34.2 Å². The molecule has 0 aliphatic rings. The molecule has 0 saturated heterocycles. The van der Waals surface area contributed by atoms with Crippen LogP contribution in [0.15, 0.2) is 29.3 Å². The highest BCUT2D eigenvalue weighted by atomic mass is 127. The normalized spacial score (nSPS) is 10.5. The summed E-state index contributed by atoms with van der Waals surface area (Å²) in [4.78, 5) is 20.3. The summed E-state index contributed by atoms with van der Waals surface area (Å²) in [5.41, 5.74) is 0.686. The van der Waals surface area contributed by atoms with Gasteiger partial charge in [-0.1, -0.05) is 11.6 Å². The zero-order valence-electron chi connectivity index (χ0n) is 9.02. The van der Waals surface area contributed by atoms with E-state index >= 15 is 0 Å². The third-order valence-electron chi connectivity index (χ3n) is 2.30. The molecule has 4 nitrogen and oxygen atoms in total. The first-order valence-electron chi connectivity index (χ1n) is 4.90. The second kappa shape index (κ2) is 5.14. The molecule has 0 fully saturated rings. The molecule has 0 spiro atoms. The van der Waals surface area contributed by atoms with Crippen molar-refractivity contribution in [3.8, 4) is 0 Å². The number of hydrogen-bond donors (Lipinski definition) is 0. The van der Waals surface area contributed by atoms with Crippen molar-refractivity contribution in [2.75, 3.05) is 0 Å². The van der Waals surface area contributed by atoms with E-state index in [9.17, 15) is 4.79 Å². The van der Waals surface area contributed by atoms with Crippen LogP contribution in [0.5, 0.6) is 0 Å². The van der Waals surface area contributed by atoms with Gasteiger partial charge in [-0.05, 0) is 41.6 Å². The minimum Gasteiger partial charge on any atom is -0.290 e. The zero-order valence-corrected chi connectivity index (χ0v) is 11.9. The Labute approximate surface area is 117 Å². The summed E-state index contributed by atoms with van der Waals surface area (Å²) in [5, 5.41) is 0.610. The smallest absolute Gasteiger partial charge is 0.267 e. The molecular formula is C11H9ClIN3O. The van der Waals surface area contributed by atoms with E-state index in [2.05, 4.69) is 9.97 Å². The quantitative estimate of drug-likeness (QED) is 0.771. The fourth-order valence-corrected chi connectivity index (χ4v) is 2.05. The van der Waals surface area contributed by atoms with Crippen molar-refractivity contribution in [1.82, 2.24) is 14.5 Å². The van der Waals surface area contributed by atoms with Crippen LogP contribution in [0.1, 0.15) is 11.5 Å². The molecule has 88 valence electrons. The topological polar surface area (TPSA) is 47.8 Å². The molecule has 17 heavy (non-hydrogen) atoms. The Morgan fingerprint density at radius 1 is 1.47 bits per heavy atom. The fraction of sp³-hybridized carbons (Fsp3) is 0.182. The second-order valence-corrected chi connectivity index (χ2v) is 5.11. The van der Waals surface area contributed by atoms with Crippen molar-refractivity contribution in [2.45, 2.75) is 13.5 Å². The molecule has 0 N–H and O–H groups in total.